The molecule has 1 aromatic heterocycles. The Morgan fingerprint density at radius 1 is 0.941 bits per heavy atom. The summed E-state index contributed by atoms with van der Waals surface area (Å²) in [6.45, 7) is 0.207. The van der Waals surface area contributed by atoms with E-state index in [4.69, 9.17) is 33.0 Å². The first-order valence-corrected chi connectivity index (χ1v) is 13.1. The van der Waals surface area contributed by atoms with Crippen molar-refractivity contribution in [1.82, 2.24) is 4.98 Å². The van der Waals surface area contributed by atoms with Crippen molar-refractivity contribution in [3.63, 3.8) is 0 Å². The highest BCUT2D eigenvalue weighted by molar-refractivity contribution is 6.34. The zero-order valence-electron chi connectivity index (χ0n) is 19.4. The van der Waals surface area contributed by atoms with E-state index < -0.39 is 0 Å². The van der Waals surface area contributed by atoms with Gasteiger partial charge in [0.25, 0.3) is 0 Å². The maximum Gasteiger partial charge on any atom is 0.127 e. The fraction of sp³-hybridized carbons (Fsp3) is 0.414. The standard InChI is InChI=1S/C29H31Cl2NO2/c30-26-18-21(27(31)17-20(26)5-3-4-16-33)10-12-29(13-14-29)25-19-32-15-11-23(25)24-6-1-2-7-28(24)34-22-8-9-22/h1-2,6-7,11,15,17-19,22,33H,3-5,8-10,12-14,16H2. The molecule has 178 valence electrons. The summed E-state index contributed by atoms with van der Waals surface area (Å²) < 4.78 is 6.24. The van der Waals surface area contributed by atoms with Crippen molar-refractivity contribution in [2.45, 2.75) is 69.3 Å². The molecular weight excluding hydrogens is 465 g/mol. The fourth-order valence-corrected chi connectivity index (χ4v) is 5.39. The summed E-state index contributed by atoms with van der Waals surface area (Å²) in [6.07, 6.45) is 13.3. The number of aliphatic hydroxyl groups is 1. The van der Waals surface area contributed by atoms with Crippen molar-refractivity contribution in [1.29, 1.82) is 0 Å². The molecular formula is C29H31Cl2NO2. The van der Waals surface area contributed by atoms with E-state index in [1.807, 2.05) is 24.4 Å². The Balaban J connectivity index is 1.36. The summed E-state index contributed by atoms with van der Waals surface area (Å²) in [5, 5.41) is 10.6. The number of ether oxygens (including phenoxy) is 1. The van der Waals surface area contributed by atoms with Gasteiger partial charge in [-0.05, 0) is 110 Å². The highest BCUT2D eigenvalue weighted by Crippen LogP contribution is 2.55. The third kappa shape index (κ3) is 5.27. The molecule has 2 saturated carbocycles. The number of aliphatic hydroxyl groups excluding tert-OH is 1. The molecule has 0 atom stereocenters. The Labute approximate surface area is 212 Å². The molecule has 5 heteroatoms. The van der Waals surface area contributed by atoms with Crippen LogP contribution in [0.2, 0.25) is 10.0 Å². The number of hydrogen-bond donors (Lipinski definition) is 1. The van der Waals surface area contributed by atoms with Crippen molar-refractivity contribution < 1.29 is 9.84 Å². The summed E-state index contributed by atoms with van der Waals surface area (Å²) in [6, 6.07) is 14.6. The van der Waals surface area contributed by atoms with E-state index in [0.29, 0.717) is 6.10 Å². The van der Waals surface area contributed by atoms with Gasteiger partial charge in [-0.3, -0.25) is 4.98 Å². The van der Waals surface area contributed by atoms with Crippen LogP contribution in [0.15, 0.2) is 54.9 Å². The van der Waals surface area contributed by atoms with Crippen molar-refractivity contribution in [3.8, 4) is 16.9 Å². The molecule has 2 aromatic carbocycles. The van der Waals surface area contributed by atoms with Crippen molar-refractivity contribution in [2.75, 3.05) is 6.61 Å². The molecule has 2 aliphatic carbocycles. The number of halogens is 2. The minimum absolute atomic E-state index is 0.117. The topological polar surface area (TPSA) is 42.4 Å². The Morgan fingerprint density at radius 3 is 2.38 bits per heavy atom. The fourth-order valence-electron chi connectivity index (χ4n) is 4.83. The minimum atomic E-state index is 0.117. The number of benzene rings is 2. The molecule has 2 fully saturated rings. The van der Waals surface area contributed by atoms with Crippen LogP contribution in [0.4, 0.5) is 0 Å². The average Bonchev–Trinajstić information content (AvgIpc) is 3.78. The highest BCUT2D eigenvalue weighted by atomic mass is 35.5. The van der Waals surface area contributed by atoms with Crippen LogP contribution in [0.5, 0.6) is 5.75 Å². The quantitative estimate of drug-likeness (QED) is 0.278. The summed E-state index contributed by atoms with van der Waals surface area (Å²) in [4.78, 5) is 4.51. The molecule has 2 aliphatic rings. The summed E-state index contributed by atoms with van der Waals surface area (Å²) in [5.74, 6) is 0.972. The Morgan fingerprint density at radius 2 is 1.68 bits per heavy atom. The second kappa shape index (κ2) is 10.3. The molecule has 0 aliphatic heterocycles. The van der Waals surface area contributed by atoms with Crippen LogP contribution in [-0.2, 0) is 18.3 Å². The lowest BCUT2D eigenvalue weighted by atomic mass is 9.85. The van der Waals surface area contributed by atoms with Crippen molar-refractivity contribution in [2.24, 2.45) is 0 Å². The van der Waals surface area contributed by atoms with Crippen LogP contribution >= 0.6 is 23.2 Å². The van der Waals surface area contributed by atoms with Gasteiger partial charge in [0.1, 0.15) is 5.75 Å². The zero-order valence-corrected chi connectivity index (χ0v) is 20.9. The number of aromatic nitrogens is 1. The van der Waals surface area contributed by atoms with Gasteiger partial charge in [-0.15, -0.1) is 0 Å². The normalized spacial score (nSPS) is 16.4. The molecule has 1 N–H and O–H groups in total. The third-order valence-corrected chi connectivity index (χ3v) is 7.89. The van der Waals surface area contributed by atoms with Crippen LogP contribution in [0, 0.1) is 0 Å². The average molecular weight is 496 g/mol. The molecule has 0 radical (unpaired) electrons. The molecule has 0 bridgehead atoms. The van der Waals surface area contributed by atoms with Gasteiger partial charge in [0, 0.05) is 34.6 Å². The highest BCUT2D eigenvalue weighted by Gasteiger charge is 2.45. The molecule has 5 rings (SSSR count). The molecule has 3 nitrogen and oxygen atoms in total. The zero-order chi connectivity index (χ0) is 23.5. The van der Waals surface area contributed by atoms with Gasteiger partial charge in [-0.2, -0.15) is 0 Å². The van der Waals surface area contributed by atoms with Crippen molar-refractivity contribution >= 4 is 23.2 Å². The predicted octanol–water partition coefficient (Wildman–Crippen LogP) is 7.58. The second-order valence-corrected chi connectivity index (χ2v) is 10.5. The SMILES string of the molecule is OCCCCc1cc(Cl)c(CCC2(c3cnccc3-c3ccccc3OC3CC3)CC2)cc1Cl. The number of para-hydroxylation sites is 1. The number of nitrogens with zero attached hydrogens (tertiary/aromatic N) is 1. The predicted molar refractivity (Wildman–Crippen MR) is 139 cm³/mol. The number of pyridine rings is 1. The van der Waals surface area contributed by atoms with E-state index in [2.05, 4.69) is 35.4 Å². The van der Waals surface area contributed by atoms with Crippen molar-refractivity contribution in [3.05, 3.63) is 81.6 Å². The molecule has 3 aromatic rings. The van der Waals surface area contributed by atoms with Gasteiger partial charge in [0.2, 0.25) is 0 Å². The number of rotatable bonds is 11. The number of unbranched alkanes of at least 4 members (excludes halogenated alkanes) is 1. The smallest absolute Gasteiger partial charge is 0.127 e. The first-order valence-electron chi connectivity index (χ1n) is 12.4. The second-order valence-electron chi connectivity index (χ2n) is 9.73. The van der Waals surface area contributed by atoms with E-state index in [0.717, 1.165) is 90.3 Å². The van der Waals surface area contributed by atoms with Gasteiger partial charge in [0.15, 0.2) is 0 Å². The van der Waals surface area contributed by atoms with Gasteiger partial charge < -0.3 is 9.84 Å². The van der Waals surface area contributed by atoms with Crippen LogP contribution in [-0.4, -0.2) is 22.8 Å². The molecule has 0 unspecified atom stereocenters. The van der Waals surface area contributed by atoms with Crippen LogP contribution in [0.25, 0.3) is 11.1 Å². The largest absolute Gasteiger partial charge is 0.490 e. The van der Waals surface area contributed by atoms with Gasteiger partial charge >= 0.3 is 0 Å². The lowest BCUT2D eigenvalue weighted by molar-refractivity contribution is 0.284. The Bertz CT molecular complexity index is 1150. The van der Waals surface area contributed by atoms with E-state index in [1.54, 1.807) is 0 Å². The maximum atomic E-state index is 9.04. The van der Waals surface area contributed by atoms with E-state index >= 15 is 0 Å². The summed E-state index contributed by atoms with van der Waals surface area (Å²) in [5.41, 5.74) is 5.98. The minimum Gasteiger partial charge on any atom is -0.490 e. The van der Waals surface area contributed by atoms with Crippen LogP contribution in [0.3, 0.4) is 0 Å². The lowest BCUT2D eigenvalue weighted by Crippen LogP contribution is -2.11. The molecule has 0 amide bonds. The molecule has 34 heavy (non-hydrogen) atoms. The molecule has 1 heterocycles. The van der Waals surface area contributed by atoms with Gasteiger partial charge in [0.05, 0.1) is 6.10 Å². The van der Waals surface area contributed by atoms with Gasteiger partial charge in [-0.1, -0.05) is 41.4 Å². The van der Waals surface area contributed by atoms with E-state index in [1.165, 1.54) is 11.1 Å². The van der Waals surface area contributed by atoms with E-state index in [9.17, 15) is 0 Å². The molecule has 0 saturated heterocycles. The lowest BCUT2D eigenvalue weighted by Gasteiger charge is -2.21. The summed E-state index contributed by atoms with van der Waals surface area (Å²) >= 11 is 13.3. The summed E-state index contributed by atoms with van der Waals surface area (Å²) in [7, 11) is 0. The van der Waals surface area contributed by atoms with Crippen LogP contribution in [0.1, 0.15) is 61.6 Å². The number of aryl methyl sites for hydroxylation is 2. The molecule has 0 spiro atoms. The third-order valence-electron chi connectivity index (χ3n) is 7.18. The monoisotopic (exact) mass is 495 g/mol. The Kier molecular flexibility index (Phi) is 7.15. The Hall–Kier alpha value is -2.07. The van der Waals surface area contributed by atoms with E-state index in [-0.39, 0.29) is 12.0 Å². The van der Waals surface area contributed by atoms with Crippen LogP contribution < -0.4 is 4.74 Å². The number of hydrogen-bond acceptors (Lipinski definition) is 3. The first-order chi connectivity index (χ1) is 16.6. The maximum absolute atomic E-state index is 9.04. The van der Waals surface area contributed by atoms with Gasteiger partial charge in [-0.25, -0.2) is 0 Å². The first kappa shape index (κ1) is 23.7.